The Morgan fingerprint density at radius 3 is 2.27 bits per heavy atom. The van der Waals surface area contributed by atoms with Crippen LogP contribution < -0.4 is 27.0 Å². The minimum atomic E-state index is -1.43. The number of hydrogen-bond donors (Lipinski definition) is 6. The lowest BCUT2D eigenvalue weighted by atomic mass is 10.0. The van der Waals surface area contributed by atoms with E-state index in [0.29, 0.717) is 17.8 Å². The van der Waals surface area contributed by atoms with Crippen LogP contribution in [-0.4, -0.2) is 73.0 Å². The third-order valence-electron chi connectivity index (χ3n) is 6.64. The number of carbonyl (C=O) groups is 4. The molecule has 0 aliphatic rings. The summed E-state index contributed by atoms with van der Waals surface area (Å²) in [5.74, 6) is -3.74. The van der Waals surface area contributed by atoms with Crippen LogP contribution in [0.5, 0.6) is 0 Å². The molecular formula is C29H31N9O6. The lowest BCUT2D eigenvalue weighted by Gasteiger charge is -2.22. The molecule has 4 rings (SSSR count). The summed E-state index contributed by atoms with van der Waals surface area (Å²) >= 11 is 0. The third kappa shape index (κ3) is 8.12. The van der Waals surface area contributed by atoms with E-state index in [1.807, 2.05) is 11.9 Å². The number of rotatable bonds is 13. The van der Waals surface area contributed by atoms with E-state index < -0.39 is 42.3 Å². The van der Waals surface area contributed by atoms with E-state index in [1.54, 1.807) is 60.8 Å². The lowest BCUT2D eigenvalue weighted by Crippen LogP contribution is -2.52. The molecule has 0 fully saturated rings. The average Bonchev–Trinajstić information content (AvgIpc) is 2.99. The number of nitrogens with zero attached hydrogens (tertiary/aromatic N) is 5. The SMILES string of the molecule is CN(Cc1cnc2nc(N)nc(N)c2n1)c1ccc(C(=O)N[C@@H](Cc2ccccc2)C(=O)N[C@@H](CCC(=O)O)C(=O)O)cc1. The van der Waals surface area contributed by atoms with Crippen LogP contribution in [0.3, 0.4) is 0 Å². The Morgan fingerprint density at radius 1 is 0.909 bits per heavy atom. The first-order valence-corrected chi connectivity index (χ1v) is 13.5. The van der Waals surface area contributed by atoms with Crippen LogP contribution >= 0.6 is 0 Å². The Hall–Kier alpha value is -5.86. The van der Waals surface area contributed by atoms with E-state index in [4.69, 9.17) is 16.6 Å². The average molecular weight is 602 g/mol. The molecule has 2 amide bonds. The molecule has 0 aliphatic heterocycles. The molecule has 0 unspecified atom stereocenters. The van der Waals surface area contributed by atoms with Crippen molar-refractivity contribution in [1.29, 1.82) is 0 Å². The van der Waals surface area contributed by atoms with Gasteiger partial charge in [-0.05, 0) is 36.2 Å². The number of carboxylic acids is 2. The van der Waals surface area contributed by atoms with Crippen molar-refractivity contribution in [2.45, 2.75) is 37.9 Å². The quantitative estimate of drug-likeness (QED) is 0.125. The first-order valence-electron chi connectivity index (χ1n) is 13.5. The van der Waals surface area contributed by atoms with Gasteiger partial charge in [-0.3, -0.25) is 14.4 Å². The van der Waals surface area contributed by atoms with E-state index in [1.165, 1.54) is 0 Å². The van der Waals surface area contributed by atoms with Gasteiger partial charge in [0.05, 0.1) is 18.4 Å². The molecule has 0 spiro atoms. The molecule has 0 saturated carbocycles. The van der Waals surface area contributed by atoms with Gasteiger partial charge in [0.2, 0.25) is 11.9 Å². The second-order valence-electron chi connectivity index (χ2n) is 9.95. The van der Waals surface area contributed by atoms with E-state index in [9.17, 15) is 24.3 Å². The lowest BCUT2D eigenvalue weighted by molar-refractivity contribution is -0.143. The van der Waals surface area contributed by atoms with Crippen LogP contribution in [-0.2, 0) is 27.3 Å². The van der Waals surface area contributed by atoms with Gasteiger partial charge in [0.1, 0.15) is 12.1 Å². The zero-order valence-corrected chi connectivity index (χ0v) is 23.7. The topological polar surface area (TPSA) is 240 Å². The second kappa shape index (κ2) is 13.9. The summed E-state index contributed by atoms with van der Waals surface area (Å²) in [6, 6.07) is 13.0. The van der Waals surface area contributed by atoms with Gasteiger partial charge >= 0.3 is 11.9 Å². The number of amides is 2. The third-order valence-corrected chi connectivity index (χ3v) is 6.64. The minimum absolute atomic E-state index is 0.00510. The van der Waals surface area contributed by atoms with Crippen molar-refractivity contribution in [3.8, 4) is 0 Å². The number of anilines is 3. The van der Waals surface area contributed by atoms with Gasteiger partial charge < -0.3 is 37.2 Å². The number of carboxylic acid groups (broad SMARTS) is 2. The molecule has 2 atom stereocenters. The number of nitrogens with one attached hydrogen (secondary N) is 2. The maximum absolute atomic E-state index is 13.2. The molecule has 2 aromatic heterocycles. The molecule has 15 nitrogen and oxygen atoms in total. The fourth-order valence-electron chi connectivity index (χ4n) is 4.36. The fourth-order valence-corrected chi connectivity index (χ4v) is 4.36. The second-order valence-corrected chi connectivity index (χ2v) is 9.95. The monoisotopic (exact) mass is 601 g/mol. The molecule has 0 radical (unpaired) electrons. The highest BCUT2D eigenvalue weighted by molar-refractivity contribution is 5.98. The zero-order chi connectivity index (χ0) is 31.8. The molecular weight excluding hydrogens is 570 g/mol. The van der Waals surface area contributed by atoms with Crippen molar-refractivity contribution in [2.24, 2.45) is 0 Å². The summed E-state index contributed by atoms with van der Waals surface area (Å²) in [5.41, 5.74) is 14.5. The van der Waals surface area contributed by atoms with Gasteiger partial charge in [-0.25, -0.2) is 14.8 Å². The van der Waals surface area contributed by atoms with Crippen molar-refractivity contribution in [2.75, 3.05) is 23.4 Å². The number of aromatic nitrogens is 4. The van der Waals surface area contributed by atoms with Gasteiger partial charge in [0.15, 0.2) is 17.0 Å². The number of benzene rings is 2. The van der Waals surface area contributed by atoms with Gasteiger partial charge in [-0.1, -0.05) is 30.3 Å². The highest BCUT2D eigenvalue weighted by Crippen LogP contribution is 2.19. The van der Waals surface area contributed by atoms with Crippen LogP contribution in [0.25, 0.3) is 11.2 Å². The van der Waals surface area contributed by atoms with Crippen molar-refractivity contribution in [1.82, 2.24) is 30.6 Å². The van der Waals surface area contributed by atoms with Crippen LogP contribution in [0.2, 0.25) is 0 Å². The Bertz CT molecular complexity index is 1670. The van der Waals surface area contributed by atoms with Crippen LogP contribution in [0.15, 0.2) is 60.8 Å². The predicted molar refractivity (Wildman–Crippen MR) is 160 cm³/mol. The summed E-state index contributed by atoms with van der Waals surface area (Å²) in [5, 5.41) is 23.4. The maximum atomic E-state index is 13.2. The molecule has 2 aromatic carbocycles. The number of nitrogens with two attached hydrogens (primary N) is 2. The van der Waals surface area contributed by atoms with Crippen molar-refractivity contribution >= 4 is 52.4 Å². The van der Waals surface area contributed by atoms with Crippen LogP contribution in [0.4, 0.5) is 17.5 Å². The maximum Gasteiger partial charge on any atom is 0.326 e. The normalized spacial score (nSPS) is 12.2. The van der Waals surface area contributed by atoms with Gasteiger partial charge in [-0.2, -0.15) is 9.97 Å². The number of fused-ring (bicyclic) bond motifs is 1. The standard InChI is InChI=1S/C29H31N9O6/c1-38(15-18-14-32-25-23(33-18)24(30)36-29(31)37-25)19-9-7-17(8-10-19)26(41)35-21(13-16-5-3-2-4-6-16)27(42)34-20(28(43)44)11-12-22(39)40/h2-10,14,20-21H,11-13,15H2,1H3,(H,34,42)(H,35,41)(H,39,40)(H,43,44)(H4,30,31,32,36,37)/t20-,21-/m0/s1. The first-order chi connectivity index (χ1) is 21.0. The molecule has 15 heteroatoms. The van der Waals surface area contributed by atoms with E-state index in [2.05, 4.69) is 30.6 Å². The highest BCUT2D eigenvalue weighted by atomic mass is 16.4. The zero-order valence-electron chi connectivity index (χ0n) is 23.7. The van der Waals surface area contributed by atoms with Crippen molar-refractivity contribution in [3.05, 3.63) is 77.6 Å². The first kappa shape index (κ1) is 31.1. The summed E-state index contributed by atoms with van der Waals surface area (Å²) in [4.78, 5) is 67.4. The smallest absolute Gasteiger partial charge is 0.326 e. The Kier molecular flexibility index (Phi) is 9.80. The van der Waals surface area contributed by atoms with Crippen LogP contribution in [0.1, 0.15) is 34.5 Å². The molecule has 228 valence electrons. The number of hydrogen-bond acceptors (Lipinski definition) is 11. The largest absolute Gasteiger partial charge is 0.481 e. The molecule has 0 aliphatic carbocycles. The molecule has 0 saturated heterocycles. The van der Waals surface area contributed by atoms with Gasteiger partial charge in [0, 0.05) is 31.1 Å². The van der Waals surface area contributed by atoms with Crippen LogP contribution in [0, 0.1) is 0 Å². The van der Waals surface area contributed by atoms with Gasteiger partial charge in [-0.15, -0.1) is 0 Å². The van der Waals surface area contributed by atoms with Crippen molar-refractivity contribution < 1.29 is 29.4 Å². The fraction of sp³-hybridized carbons (Fsp3) is 0.241. The Morgan fingerprint density at radius 2 is 1.61 bits per heavy atom. The number of carbonyl (C=O) groups excluding carboxylic acids is 2. The van der Waals surface area contributed by atoms with Crippen molar-refractivity contribution in [3.63, 3.8) is 0 Å². The Labute approximate surface area is 251 Å². The molecule has 44 heavy (non-hydrogen) atoms. The summed E-state index contributed by atoms with van der Waals surface area (Å²) in [7, 11) is 1.83. The highest BCUT2D eigenvalue weighted by Gasteiger charge is 2.27. The molecule has 8 N–H and O–H groups in total. The number of aliphatic carboxylic acids is 2. The van der Waals surface area contributed by atoms with E-state index in [-0.39, 0.29) is 35.8 Å². The number of nitrogen functional groups attached to an aromatic ring is 2. The molecule has 0 bridgehead atoms. The van der Waals surface area contributed by atoms with E-state index >= 15 is 0 Å². The van der Waals surface area contributed by atoms with Gasteiger partial charge in [0.25, 0.3) is 5.91 Å². The predicted octanol–water partition coefficient (Wildman–Crippen LogP) is 0.996. The molecule has 2 heterocycles. The minimum Gasteiger partial charge on any atom is -0.481 e. The summed E-state index contributed by atoms with van der Waals surface area (Å²) in [6.45, 7) is 0.351. The Balaban J connectivity index is 1.45. The summed E-state index contributed by atoms with van der Waals surface area (Å²) < 4.78 is 0. The van der Waals surface area contributed by atoms with E-state index in [0.717, 1.165) is 11.3 Å². The molecule has 4 aromatic rings. The summed E-state index contributed by atoms with van der Waals surface area (Å²) in [6.07, 6.45) is 0.886.